The topological polar surface area (TPSA) is 110 Å². The number of nitrogens with zero attached hydrogens (tertiary/aromatic N) is 1. The molecular formula is C9H12N4O3. The van der Waals surface area contributed by atoms with Crippen LogP contribution in [-0.2, 0) is 4.79 Å². The quantitative estimate of drug-likeness (QED) is 0.499. The molecule has 4 N–H and O–H groups in total. The summed E-state index contributed by atoms with van der Waals surface area (Å²) in [6.45, 7) is -0.0652. The lowest BCUT2D eigenvalue weighted by Gasteiger charge is -2.06. The molecule has 16 heavy (non-hydrogen) atoms. The Labute approximate surface area is 91.8 Å². The largest absolute Gasteiger partial charge is 0.388 e. The standard InChI is InChI=1S/C9H12N4O3/c1-11-6-2-7(12-5-9(10)14)4-8(3-6)13(15)16/h2-4,11-12H,5H2,1H3,(H2,10,14). The van der Waals surface area contributed by atoms with Gasteiger partial charge in [-0.25, -0.2) is 0 Å². The van der Waals surface area contributed by atoms with Crippen molar-refractivity contribution >= 4 is 23.0 Å². The van der Waals surface area contributed by atoms with Crippen LogP contribution in [0.4, 0.5) is 17.1 Å². The Balaban J connectivity index is 2.95. The van der Waals surface area contributed by atoms with E-state index in [1.165, 1.54) is 12.1 Å². The summed E-state index contributed by atoms with van der Waals surface area (Å²) in [5.74, 6) is -0.530. The molecule has 0 saturated heterocycles. The summed E-state index contributed by atoms with van der Waals surface area (Å²) >= 11 is 0. The molecule has 0 aliphatic heterocycles. The van der Waals surface area contributed by atoms with E-state index in [4.69, 9.17) is 5.73 Å². The maximum absolute atomic E-state index is 10.6. The zero-order chi connectivity index (χ0) is 12.1. The number of carbonyl (C=O) groups excluding carboxylic acids is 1. The van der Waals surface area contributed by atoms with E-state index in [1.807, 2.05) is 0 Å². The molecule has 0 atom stereocenters. The fourth-order valence-electron chi connectivity index (χ4n) is 1.15. The molecular weight excluding hydrogens is 212 g/mol. The zero-order valence-electron chi connectivity index (χ0n) is 8.69. The second-order valence-corrected chi connectivity index (χ2v) is 3.10. The number of carbonyl (C=O) groups is 1. The molecule has 0 radical (unpaired) electrons. The first-order chi connectivity index (χ1) is 7.52. The Bertz CT molecular complexity index is 419. The van der Waals surface area contributed by atoms with E-state index in [9.17, 15) is 14.9 Å². The summed E-state index contributed by atoms with van der Waals surface area (Å²) in [7, 11) is 1.65. The lowest BCUT2D eigenvalue weighted by molar-refractivity contribution is -0.384. The monoisotopic (exact) mass is 224 g/mol. The second kappa shape index (κ2) is 4.96. The number of nitrogens with two attached hydrogens (primary N) is 1. The van der Waals surface area contributed by atoms with Gasteiger partial charge >= 0.3 is 0 Å². The van der Waals surface area contributed by atoms with E-state index in [-0.39, 0.29) is 12.2 Å². The highest BCUT2D eigenvalue weighted by Crippen LogP contribution is 2.23. The molecule has 0 bridgehead atoms. The number of nitro groups is 1. The minimum absolute atomic E-state index is 0.0566. The summed E-state index contributed by atoms with van der Waals surface area (Å²) < 4.78 is 0. The first-order valence-electron chi connectivity index (χ1n) is 4.52. The number of rotatable bonds is 5. The molecule has 0 fully saturated rings. The Morgan fingerprint density at radius 1 is 1.44 bits per heavy atom. The molecule has 86 valence electrons. The molecule has 0 unspecified atom stereocenters. The number of hydrogen-bond acceptors (Lipinski definition) is 5. The highest BCUT2D eigenvalue weighted by atomic mass is 16.6. The van der Waals surface area contributed by atoms with Gasteiger partial charge in [-0.05, 0) is 6.07 Å². The van der Waals surface area contributed by atoms with E-state index in [0.29, 0.717) is 11.4 Å². The molecule has 0 heterocycles. The van der Waals surface area contributed by atoms with Gasteiger partial charge in [0.05, 0.1) is 11.5 Å². The van der Waals surface area contributed by atoms with E-state index >= 15 is 0 Å². The van der Waals surface area contributed by atoms with Crippen LogP contribution in [0.25, 0.3) is 0 Å². The third kappa shape index (κ3) is 3.12. The molecule has 1 amide bonds. The van der Waals surface area contributed by atoms with Gasteiger partial charge in [0.15, 0.2) is 0 Å². The summed E-state index contributed by atoms with van der Waals surface area (Å²) in [5.41, 5.74) is 5.96. The normalized spacial score (nSPS) is 9.56. The number of non-ortho nitro benzene ring substituents is 1. The van der Waals surface area contributed by atoms with Crippen LogP contribution in [0.2, 0.25) is 0 Å². The van der Waals surface area contributed by atoms with Gasteiger partial charge in [-0.2, -0.15) is 0 Å². The van der Waals surface area contributed by atoms with Gasteiger partial charge in [-0.15, -0.1) is 0 Å². The molecule has 0 spiro atoms. The van der Waals surface area contributed by atoms with Crippen LogP contribution in [-0.4, -0.2) is 24.4 Å². The lowest BCUT2D eigenvalue weighted by atomic mass is 10.2. The Kier molecular flexibility index (Phi) is 3.65. The highest BCUT2D eigenvalue weighted by molar-refractivity contribution is 5.79. The number of amides is 1. The summed E-state index contributed by atoms with van der Waals surface area (Å²) in [6.07, 6.45) is 0. The molecule has 0 aliphatic rings. The predicted octanol–water partition coefficient (Wildman–Crippen LogP) is 0.534. The number of benzene rings is 1. The average molecular weight is 224 g/mol. The van der Waals surface area contributed by atoms with Gasteiger partial charge in [-0.3, -0.25) is 14.9 Å². The van der Waals surface area contributed by atoms with Crippen molar-refractivity contribution in [2.24, 2.45) is 5.73 Å². The summed E-state index contributed by atoms with van der Waals surface area (Å²) in [5, 5.41) is 16.1. The van der Waals surface area contributed by atoms with E-state index in [0.717, 1.165) is 0 Å². The van der Waals surface area contributed by atoms with Crippen molar-refractivity contribution in [3.63, 3.8) is 0 Å². The number of hydrogen-bond donors (Lipinski definition) is 3. The zero-order valence-corrected chi connectivity index (χ0v) is 8.69. The van der Waals surface area contributed by atoms with Gasteiger partial charge in [0, 0.05) is 30.6 Å². The average Bonchev–Trinajstić information content (AvgIpc) is 2.25. The van der Waals surface area contributed by atoms with Crippen molar-refractivity contribution in [3.05, 3.63) is 28.3 Å². The molecule has 0 saturated carbocycles. The predicted molar refractivity (Wildman–Crippen MR) is 60.3 cm³/mol. The van der Waals surface area contributed by atoms with Crippen LogP contribution < -0.4 is 16.4 Å². The van der Waals surface area contributed by atoms with Crippen LogP contribution in [0.5, 0.6) is 0 Å². The molecule has 1 rings (SSSR count). The third-order valence-electron chi connectivity index (χ3n) is 1.88. The molecule has 1 aromatic rings. The van der Waals surface area contributed by atoms with Gasteiger partial charge < -0.3 is 16.4 Å². The fourth-order valence-corrected chi connectivity index (χ4v) is 1.15. The maximum atomic E-state index is 10.6. The van der Waals surface area contributed by atoms with Crippen LogP contribution in [0.15, 0.2) is 18.2 Å². The smallest absolute Gasteiger partial charge is 0.273 e. The SMILES string of the molecule is CNc1cc(NCC(N)=O)cc([N+](=O)[O-])c1. The maximum Gasteiger partial charge on any atom is 0.273 e. The molecule has 0 aliphatic carbocycles. The van der Waals surface area contributed by atoms with Gasteiger partial charge in [0.25, 0.3) is 5.69 Å². The lowest BCUT2D eigenvalue weighted by Crippen LogP contribution is -2.21. The summed E-state index contributed by atoms with van der Waals surface area (Å²) in [6, 6.07) is 4.38. The van der Waals surface area contributed by atoms with Crippen molar-refractivity contribution in [2.75, 3.05) is 24.2 Å². The van der Waals surface area contributed by atoms with E-state index < -0.39 is 10.8 Å². The Morgan fingerprint density at radius 2 is 2.06 bits per heavy atom. The molecule has 0 aromatic heterocycles. The van der Waals surface area contributed by atoms with Crippen molar-refractivity contribution in [1.82, 2.24) is 0 Å². The number of nitro benzene ring substituents is 1. The molecule has 7 heteroatoms. The minimum Gasteiger partial charge on any atom is -0.388 e. The molecule has 1 aromatic carbocycles. The van der Waals surface area contributed by atoms with Crippen molar-refractivity contribution in [3.8, 4) is 0 Å². The van der Waals surface area contributed by atoms with Crippen molar-refractivity contribution < 1.29 is 9.72 Å². The van der Waals surface area contributed by atoms with Crippen LogP contribution in [0.3, 0.4) is 0 Å². The number of nitrogens with one attached hydrogen (secondary N) is 2. The van der Waals surface area contributed by atoms with E-state index in [1.54, 1.807) is 13.1 Å². The van der Waals surface area contributed by atoms with Gasteiger partial charge in [0.2, 0.25) is 5.91 Å². The third-order valence-corrected chi connectivity index (χ3v) is 1.88. The molecule has 7 nitrogen and oxygen atoms in total. The minimum atomic E-state index is -0.530. The van der Waals surface area contributed by atoms with Crippen LogP contribution in [0.1, 0.15) is 0 Å². The fraction of sp³-hybridized carbons (Fsp3) is 0.222. The highest BCUT2D eigenvalue weighted by Gasteiger charge is 2.09. The van der Waals surface area contributed by atoms with Crippen LogP contribution in [0, 0.1) is 10.1 Å². The second-order valence-electron chi connectivity index (χ2n) is 3.10. The first-order valence-corrected chi connectivity index (χ1v) is 4.52. The van der Waals surface area contributed by atoms with Gasteiger partial charge in [0.1, 0.15) is 0 Å². The van der Waals surface area contributed by atoms with Crippen LogP contribution >= 0.6 is 0 Å². The first kappa shape index (κ1) is 11.8. The van der Waals surface area contributed by atoms with Gasteiger partial charge in [-0.1, -0.05) is 0 Å². The Morgan fingerprint density at radius 3 is 2.56 bits per heavy atom. The summed E-state index contributed by atoms with van der Waals surface area (Å²) in [4.78, 5) is 20.7. The van der Waals surface area contributed by atoms with E-state index in [2.05, 4.69) is 10.6 Å². The number of primary amides is 1. The van der Waals surface area contributed by atoms with Crippen molar-refractivity contribution in [1.29, 1.82) is 0 Å². The van der Waals surface area contributed by atoms with Crippen molar-refractivity contribution in [2.45, 2.75) is 0 Å². The number of anilines is 2. The Hall–Kier alpha value is -2.31.